The molecular formula is C12H10F2N4O. The number of hydrogen-bond donors (Lipinski definition) is 3. The molecule has 1 heterocycles. The van der Waals surface area contributed by atoms with E-state index >= 15 is 0 Å². The molecule has 0 aliphatic carbocycles. The molecule has 0 fully saturated rings. The third-order valence-electron chi connectivity index (χ3n) is 2.37. The lowest BCUT2D eigenvalue weighted by atomic mass is 10.1. The summed E-state index contributed by atoms with van der Waals surface area (Å²) in [6.45, 7) is 0. The number of carbonyl (C=O) groups excluding carboxylic acids is 1. The number of nitrogens with zero attached hydrogens (tertiary/aromatic N) is 1. The number of halogens is 2. The van der Waals surface area contributed by atoms with E-state index in [4.69, 9.17) is 5.84 Å². The van der Waals surface area contributed by atoms with Gasteiger partial charge in [0.15, 0.2) is 0 Å². The molecule has 0 unspecified atom stereocenters. The van der Waals surface area contributed by atoms with Crippen LogP contribution >= 0.6 is 0 Å². The minimum absolute atomic E-state index is 0.0219. The molecule has 1 aromatic carbocycles. The summed E-state index contributed by atoms with van der Waals surface area (Å²) in [6, 6.07) is 6.39. The second-order valence-corrected chi connectivity index (χ2v) is 3.62. The van der Waals surface area contributed by atoms with E-state index in [1.165, 1.54) is 24.3 Å². The van der Waals surface area contributed by atoms with Crippen molar-refractivity contribution in [1.82, 2.24) is 4.98 Å². The van der Waals surface area contributed by atoms with Crippen molar-refractivity contribution in [2.24, 2.45) is 5.84 Å². The fourth-order valence-electron chi connectivity index (χ4n) is 1.49. The Morgan fingerprint density at radius 1 is 1.21 bits per heavy atom. The summed E-state index contributed by atoms with van der Waals surface area (Å²) in [5.74, 6) is 3.54. The van der Waals surface area contributed by atoms with E-state index < -0.39 is 17.5 Å². The number of nitrogens with two attached hydrogens (primary N) is 1. The maximum Gasteiger partial charge on any atom is 0.259 e. The summed E-state index contributed by atoms with van der Waals surface area (Å²) in [4.78, 5) is 15.6. The van der Waals surface area contributed by atoms with Crippen molar-refractivity contribution in [3.63, 3.8) is 0 Å². The molecule has 98 valence electrons. The number of hydrogen-bond acceptors (Lipinski definition) is 4. The number of pyridine rings is 1. The molecule has 2 aromatic rings. The highest BCUT2D eigenvalue weighted by Gasteiger charge is 2.14. The summed E-state index contributed by atoms with van der Waals surface area (Å²) in [7, 11) is 0. The van der Waals surface area contributed by atoms with Gasteiger partial charge in [0.25, 0.3) is 5.91 Å². The van der Waals surface area contributed by atoms with Gasteiger partial charge in [-0.15, -0.1) is 0 Å². The number of hydrazine groups is 1. The van der Waals surface area contributed by atoms with Crippen molar-refractivity contribution in [1.29, 1.82) is 0 Å². The van der Waals surface area contributed by atoms with Crippen molar-refractivity contribution < 1.29 is 13.6 Å². The Hall–Kier alpha value is -2.54. The Bertz CT molecular complexity index is 601. The van der Waals surface area contributed by atoms with Gasteiger partial charge in [0.2, 0.25) is 0 Å². The number of amides is 1. The molecule has 2 rings (SSSR count). The molecule has 1 aromatic heterocycles. The van der Waals surface area contributed by atoms with E-state index in [0.717, 1.165) is 12.3 Å². The summed E-state index contributed by atoms with van der Waals surface area (Å²) >= 11 is 0. The molecule has 0 bridgehead atoms. The number of aromatic nitrogens is 1. The molecule has 5 nitrogen and oxygen atoms in total. The van der Waals surface area contributed by atoms with Gasteiger partial charge in [0.05, 0.1) is 17.4 Å². The smallest absolute Gasteiger partial charge is 0.259 e. The first-order chi connectivity index (χ1) is 9.11. The number of rotatable bonds is 3. The quantitative estimate of drug-likeness (QED) is 0.584. The van der Waals surface area contributed by atoms with Crippen molar-refractivity contribution >= 4 is 17.4 Å². The van der Waals surface area contributed by atoms with E-state index in [1.54, 1.807) is 0 Å². The third kappa shape index (κ3) is 2.83. The normalized spacial score (nSPS) is 10.1. The van der Waals surface area contributed by atoms with Crippen molar-refractivity contribution in [2.75, 3.05) is 10.7 Å². The molecule has 7 heteroatoms. The molecule has 0 aliphatic rings. The van der Waals surface area contributed by atoms with Gasteiger partial charge < -0.3 is 10.7 Å². The van der Waals surface area contributed by atoms with Crippen molar-refractivity contribution in [3.8, 4) is 0 Å². The van der Waals surface area contributed by atoms with Crippen LogP contribution in [0.3, 0.4) is 0 Å². The van der Waals surface area contributed by atoms with Gasteiger partial charge in [-0.2, -0.15) is 0 Å². The SMILES string of the molecule is NNc1c(F)cccc1C(=O)Nc1ccc(F)cn1. The van der Waals surface area contributed by atoms with Gasteiger partial charge in [-0.05, 0) is 24.3 Å². The minimum Gasteiger partial charge on any atom is -0.321 e. The second-order valence-electron chi connectivity index (χ2n) is 3.62. The predicted molar refractivity (Wildman–Crippen MR) is 66.4 cm³/mol. The number of carbonyl (C=O) groups is 1. The van der Waals surface area contributed by atoms with Crippen LogP contribution in [-0.4, -0.2) is 10.9 Å². The first-order valence-corrected chi connectivity index (χ1v) is 5.30. The highest BCUT2D eigenvalue weighted by atomic mass is 19.1. The highest BCUT2D eigenvalue weighted by Crippen LogP contribution is 2.19. The van der Waals surface area contributed by atoms with Crippen LogP contribution in [0.25, 0.3) is 0 Å². The summed E-state index contributed by atoms with van der Waals surface area (Å²) in [5.41, 5.74) is 2.02. The molecule has 0 radical (unpaired) electrons. The minimum atomic E-state index is -0.651. The Balaban J connectivity index is 2.25. The molecule has 0 saturated heterocycles. The van der Waals surface area contributed by atoms with Crippen LogP contribution < -0.4 is 16.6 Å². The fourth-order valence-corrected chi connectivity index (χ4v) is 1.49. The standard InChI is InChI=1S/C12H10F2N4O/c13-7-4-5-10(16-6-7)17-12(19)8-2-1-3-9(14)11(8)18-15/h1-6,18H,15H2,(H,16,17,19). The molecule has 0 aliphatic heterocycles. The average Bonchev–Trinajstić information content (AvgIpc) is 2.41. The Morgan fingerprint density at radius 3 is 2.63 bits per heavy atom. The summed E-state index contributed by atoms with van der Waals surface area (Å²) in [6.07, 6.45) is 0.962. The van der Waals surface area contributed by atoms with Crippen molar-refractivity contribution in [3.05, 3.63) is 53.7 Å². The Kier molecular flexibility index (Phi) is 3.67. The fraction of sp³-hybridized carbons (Fsp3) is 0. The van der Waals surface area contributed by atoms with E-state index in [0.29, 0.717) is 0 Å². The van der Waals surface area contributed by atoms with Gasteiger partial charge in [-0.1, -0.05) is 6.07 Å². The van der Waals surface area contributed by atoms with Crippen LogP contribution in [-0.2, 0) is 0 Å². The van der Waals surface area contributed by atoms with Crippen molar-refractivity contribution in [2.45, 2.75) is 0 Å². The first-order valence-electron chi connectivity index (χ1n) is 5.30. The van der Waals surface area contributed by atoms with E-state index in [2.05, 4.69) is 15.7 Å². The van der Waals surface area contributed by atoms with Crippen LogP contribution in [0, 0.1) is 11.6 Å². The topological polar surface area (TPSA) is 80.0 Å². The van der Waals surface area contributed by atoms with Crippen LogP contribution in [0.5, 0.6) is 0 Å². The van der Waals surface area contributed by atoms with Gasteiger partial charge in [0, 0.05) is 0 Å². The lowest BCUT2D eigenvalue weighted by molar-refractivity contribution is 0.102. The number of nitrogens with one attached hydrogen (secondary N) is 2. The van der Waals surface area contributed by atoms with Gasteiger partial charge in [0.1, 0.15) is 17.5 Å². The van der Waals surface area contributed by atoms with E-state index in [-0.39, 0.29) is 17.1 Å². The van der Waals surface area contributed by atoms with E-state index in [9.17, 15) is 13.6 Å². The lowest BCUT2D eigenvalue weighted by Crippen LogP contribution is -2.18. The first kappa shape index (κ1) is 12.9. The van der Waals surface area contributed by atoms with Gasteiger partial charge >= 0.3 is 0 Å². The number of nitrogen functional groups attached to an aromatic ring is 1. The highest BCUT2D eigenvalue weighted by molar-refractivity contribution is 6.07. The molecule has 1 amide bonds. The summed E-state index contributed by atoms with van der Waals surface area (Å²) in [5, 5.41) is 2.41. The zero-order chi connectivity index (χ0) is 13.8. The van der Waals surface area contributed by atoms with Gasteiger partial charge in [-0.25, -0.2) is 13.8 Å². The molecule has 0 saturated carbocycles. The number of para-hydroxylation sites is 1. The van der Waals surface area contributed by atoms with Crippen LogP contribution in [0.2, 0.25) is 0 Å². The molecule has 4 N–H and O–H groups in total. The van der Waals surface area contributed by atoms with Crippen LogP contribution in [0.15, 0.2) is 36.5 Å². The van der Waals surface area contributed by atoms with E-state index in [1.807, 2.05) is 0 Å². The van der Waals surface area contributed by atoms with Crippen LogP contribution in [0.1, 0.15) is 10.4 Å². The second kappa shape index (κ2) is 5.40. The third-order valence-corrected chi connectivity index (χ3v) is 2.37. The zero-order valence-electron chi connectivity index (χ0n) is 9.65. The number of benzene rings is 1. The molecule has 0 spiro atoms. The lowest BCUT2D eigenvalue weighted by Gasteiger charge is -2.09. The maximum absolute atomic E-state index is 13.4. The molecular weight excluding hydrogens is 254 g/mol. The maximum atomic E-state index is 13.4. The Labute approximate surface area is 107 Å². The van der Waals surface area contributed by atoms with Crippen LogP contribution in [0.4, 0.5) is 20.3 Å². The Morgan fingerprint density at radius 2 is 2.00 bits per heavy atom. The summed E-state index contributed by atoms with van der Waals surface area (Å²) < 4.78 is 26.1. The molecule has 19 heavy (non-hydrogen) atoms. The molecule has 0 atom stereocenters. The average molecular weight is 264 g/mol. The zero-order valence-corrected chi connectivity index (χ0v) is 9.65. The van der Waals surface area contributed by atoms with Gasteiger partial charge in [-0.3, -0.25) is 10.6 Å². The predicted octanol–water partition coefficient (Wildman–Crippen LogP) is 1.90. The number of anilines is 2. The monoisotopic (exact) mass is 264 g/mol. The largest absolute Gasteiger partial charge is 0.321 e.